The molecular weight excluding hydrogens is 2010 g/mol. The minimum Gasteiger partial charge on any atom is -0.395 e. The van der Waals surface area contributed by atoms with Gasteiger partial charge in [-0.1, -0.05) is 189 Å². The maximum Gasteiger partial charge on any atom is 0.276 e. The van der Waals surface area contributed by atoms with Crippen LogP contribution in [0.5, 0.6) is 0 Å². The fourth-order valence-corrected chi connectivity index (χ4v) is 20.4. The van der Waals surface area contributed by atoms with E-state index in [0.717, 1.165) is 0 Å². The third kappa shape index (κ3) is 18.2. The predicted octanol–water partition coefficient (Wildman–Crippen LogP) is 21.4. The van der Waals surface area contributed by atoms with Crippen LogP contribution in [0.1, 0.15) is 131 Å². The Hall–Kier alpha value is -12.0. The van der Waals surface area contributed by atoms with E-state index < -0.39 is 77.1 Å². The number of fused-ring (bicyclic) bond motifs is 3. The number of aromatic nitrogens is 9. The second kappa shape index (κ2) is 41.2. The van der Waals surface area contributed by atoms with Crippen molar-refractivity contribution in [1.82, 2.24) is 58.3 Å². The Labute approximate surface area is 843 Å². The Morgan fingerprint density at radius 1 is 0.399 bits per heavy atom. The molecule has 3 aromatic carbocycles. The first-order valence-electron chi connectivity index (χ1n) is 42.6. The zero-order valence-electron chi connectivity index (χ0n) is 75.8. The van der Waals surface area contributed by atoms with E-state index in [2.05, 4.69) is 52.9 Å². The summed E-state index contributed by atoms with van der Waals surface area (Å²) in [5.74, 6) is -5.94. The van der Waals surface area contributed by atoms with Crippen molar-refractivity contribution in [2.24, 2.45) is 0 Å². The number of carbonyl (C=O) groups excluding carboxylic acids is 3. The van der Waals surface area contributed by atoms with Crippen molar-refractivity contribution in [2.75, 3.05) is 90.8 Å². The average molecular weight is 2090 g/mol. The van der Waals surface area contributed by atoms with Crippen LogP contribution in [0.3, 0.4) is 0 Å². The van der Waals surface area contributed by atoms with Crippen LogP contribution in [0.15, 0.2) is 107 Å². The summed E-state index contributed by atoms with van der Waals surface area (Å²) in [5.41, 5.74) is 19.3. The summed E-state index contributed by atoms with van der Waals surface area (Å²) in [7, 11) is 0. The number of hydrogen-bond donors (Lipinski definition) is 3. The van der Waals surface area contributed by atoms with E-state index in [-0.39, 0.29) is 175 Å². The van der Waals surface area contributed by atoms with Gasteiger partial charge in [-0.05, 0) is 131 Å². The highest BCUT2D eigenvalue weighted by Gasteiger charge is 2.40. The number of carbonyl (C=O) groups is 3. The van der Waals surface area contributed by atoms with Crippen LogP contribution in [-0.2, 0) is 14.4 Å². The molecule has 0 spiro atoms. The van der Waals surface area contributed by atoms with Gasteiger partial charge in [0.1, 0.15) is 51.8 Å². The van der Waals surface area contributed by atoms with E-state index in [9.17, 15) is 62.1 Å². The number of nitrogens with zero attached hydrogens (tertiary/aromatic N) is 18. The lowest BCUT2D eigenvalue weighted by atomic mass is 10.0. The number of benzene rings is 3. The molecule has 3 fully saturated rings. The van der Waals surface area contributed by atoms with Gasteiger partial charge in [0.25, 0.3) is 16.7 Å². The minimum atomic E-state index is -1.44. The van der Waals surface area contributed by atoms with E-state index in [1.165, 1.54) is 38.0 Å². The zero-order chi connectivity index (χ0) is 101. The molecule has 12 heterocycles. The van der Waals surface area contributed by atoms with Crippen LogP contribution >= 0.6 is 128 Å². The van der Waals surface area contributed by atoms with Gasteiger partial charge in [0, 0.05) is 128 Å². The Morgan fingerprint density at radius 2 is 0.652 bits per heavy atom. The van der Waals surface area contributed by atoms with Crippen molar-refractivity contribution in [3.05, 3.63) is 253 Å². The van der Waals surface area contributed by atoms with Gasteiger partial charge in [0.05, 0.1) is 141 Å². The van der Waals surface area contributed by atoms with Crippen LogP contribution in [0.25, 0.3) is 83.9 Å². The first kappa shape index (κ1) is 103. The van der Waals surface area contributed by atoms with E-state index in [1.807, 2.05) is 90.9 Å². The van der Waals surface area contributed by atoms with Crippen LogP contribution in [0.4, 0.5) is 51.7 Å². The van der Waals surface area contributed by atoms with Gasteiger partial charge in [-0.15, -0.1) is 0 Å². The molecule has 42 heteroatoms. The van der Waals surface area contributed by atoms with Crippen molar-refractivity contribution in [2.45, 2.75) is 119 Å². The highest BCUT2D eigenvalue weighted by Crippen LogP contribution is 2.52. The van der Waals surface area contributed by atoms with Crippen molar-refractivity contribution in [3.8, 4) is 69.0 Å². The first-order chi connectivity index (χ1) is 65.2. The molecule has 3 aliphatic heterocycles. The number of hydrogen-bond acceptors (Lipinski definition) is 21. The van der Waals surface area contributed by atoms with Crippen LogP contribution in [-0.4, -0.2) is 153 Å². The molecule has 9 aromatic heterocycles. The third-order valence-corrected chi connectivity index (χ3v) is 28.2. The molecule has 0 saturated carbocycles. The number of halogens is 15. The highest BCUT2D eigenvalue weighted by atomic mass is 35.5. The summed E-state index contributed by atoms with van der Waals surface area (Å²) in [6, 6.07) is 15.3. The molecule has 138 heavy (non-hydrogen) atoms. The molecule has 3 saturated heterocycles. The lowest BCUT2D eigenvalue weighted by molar-refractivity contribution is -0.129. The lowest BCUT2D eigenvalue weighted by Gasteiger charge is -2.41. The summed E-state index contributed by atoms with van der Waals surface area (Å²) in [6.45, 7) is 36.0. The van der Waals surface area contributed by atoms with Crippen LogP contribution in [0, 0.1) is 78.0 Å². The van der Waals surface area contributed by atoms with E-state index in [4.69, 9.17) is 160 Å². The SMILES string of the molecule is C=CC(=O)N1CCN(c2c(C#N)c(=O)n(-c3c(C)ccnc3C(C)C)c3nc(-c4c(Cl)c(N)c(F)c(Cl)c4Cl)c(Cl)cc23)C[C@H]1C.C=CC(=O)N1CCN(c2c(C#N)c(=O)n(-c3c(C)ccnc3C(C)C)c3nc(-c4c(Cl)c(N)c(F)c(Cl)c4Cl)c(Cl)cc23)C[C@H]1C.C=CC(=O)N1CCN(c2c(C#N)c(=O)n(-c3c(C)ccnc3C(C)C)c3nc(-c4c(Cl)c(N)c(F)c(F)c4Cl)c(Cl)cc23)C[C@H]1C. The summed E-state index contributed by atoms with van der Waals surface area (Å²) < 4.78 is 62.6. The Bertz CT molecular complexity index is 6780. The van der Waals surface area contributed by atoms with E-state index >= 15 is 0 Å². The molecule has 714 valence electrons. The van der Waals surface area contributed by atoms with E-state index in [0.29, 0.717) is 124 Å². The number of aryl methyl sites for hydroxylation is 3. The molecule has 3 aliphatic rings. The van der Waals surface area contributed by atoms with Gasteiger partial charge in [-0.2, -0.15) is 15.8 Å². The van der Waals surface area contributed by atoms with Gasteiger partial charge < -0.3 is 46.6 Å². The lowest BCUT2D eigenvalue weighted by Crippen LogP contribution is -2.54. The number of piperazine rings is 3. The first-order valence-corrected chi connectivity index (χ1v) is 46.7. The minimum absolute atomic E-state index is 0.0102. The highest BCUT2D eigenvalue weighted by molar-refractivity contribution is 6.49. The van der Waals surface area contributed by atoms with Gasteiger partial charge in [-0.3, -0.25) is 57.4 Å². The maximum absolute atomic E-state index is 14.9. The molecule has 0 radical (unpaired) electrons. The normalized spacial score (nSPS) is 15.0. The predicted molar refractivity (Wildman–Crippen MR) is 541 cm³/mol. The molecule has 6 N–H and O–H groups in total. The van der Waals surface area contributed by atoms with Crippen LogP contribution < -0.4 is 48.6 Å². The maximum atomic E-state index is 14.9. The zero-order valence-corrected chi connectivity index (χ0v) is 84.1. The average Bonchev–Trinajstić information content (AvgIpc) is 0.726. The van der Waals surface area contributed by atoms with Gasteiger partial charge in [0.15, 0.2) is 23.3 Å². The molecular formula is C96H84Cl11F4N21O6. The molecule has 15 rings (SSSR count). The molecule has 0 aliphatic carbocycles. The van der Waals surface area contributed by atoms with Gasteiger partial charge >= 0.3 is 0 Å². The van der Waals surface area contributed by atoms with Crippen molar-refractivity contribution in [3.63, 3.8) is 0 Å². The number of nitriles is 3. The summed E-state index contributed by atoms with van der Waals surface area (Å²) in [6.07, 6.45) is 8.64. The molecule has 3 amide bonds. The largest absolute Gasteiger partial charge is 0.395 e. The fraction of sp³-hybridized carbons (Fsp3) is 0.281. The van der Waals surface area contributed by atoms with Crippen molar-refractivity contribution in [1.29, 1.82) is 15.8 Å². The monoisotopic (exact) mass is 2090 g/mol. The molecule has 0 unspecified atom stereocenters. The number of anilines is 6. The third-order valence-electron chi connectivity index (χ3n) is 24.1. The Balaban J connectivity index is 0.000000175. The Kier molecular flexibility index (Phi) is 30.9. The topological polar surface area (TPSA) is 363 Å². The standard InChI is InChI=1S/2C32H28Cl4FN7O2.C32H28Cl3F2N7O2/c3*1-6-20(45)43-10-9-42(13-16(43)5)30-17-11-19(33)28(21-22(34)24(36)25(37)26(39)23(21)35)41-31(17)44(32(46)18(30)12-38)29-15(4)7-8-40-27(29)14(2)3/h3*6-8,11,14,16H,1,9-10,13,39H2,2-5H3/t3*16-/m111/s1. The van der Waals surface area contributed by atoms with Gasteiger partial charge in [0.2, 0.25) is 17.7 Å². The van der Waals surface area contributed by atoms with Crippen LogP contribution in [0.2, 0.25) is 55.2 Å². The summed E-state index contributed by atoms with van der Waals surface area (Å²) in [4.78, 5) is 120. The Morgan fingerprint density at radius 3 is 0.891 bits per heavy atom. The summed E-state index contributed by atoms with van der Waals surface area (Å²) in [5, 5.41) is 29.3. The number of rotatable bonds is 15. The fourth-order valence-electron chi connectivity index (χ4n) is 17.5. The second-order valence-corrected chi connectivity index (χ2v) is 38.0. The molecule has 27 nitrogen and oxygen atoms in total. The van der Waals surface area contributed by atoms with Gasteiger partial charge in [-0.25, -0.2) is 32.5 Å². The van der Waals surface area contributed by atoms with E-state index in [1.54, 1.807) is 70.5 Å². The van der Waals surface area contributed by atoms with Crippen molar-refractivity contribution < 1.29 is 31.9 Å². The molecule has 0 bridgehead atoms. The number of nitrogen functional groups attached to an aromatic ring is 3. The summed E-state index contributed by atoms with van der Waals surface area (Å²) >= 11 is 71.6. The smallest absolute Gasteiger partial charge is 0.276 e. The number of amides is 3. The van der Waals surface area contributed by atoms with Crippen molar-refractivity contribution >= 4 is 213 Å². The second-order valence-electron chi connectivity index (χ2n) is 33.8. The number of nitrogens with two attached hydrogens (primary N) is 3. The molecule has 3 atom stereocenters. The number of pyridine rings is 9. The molecule has 12 aromatic rings. The quantitative estimate of drug-likeness (QED) is 0.0282.